The minimum absolute atomic E-state index is 0.598. The van der Waals surface area contributed by atoms with Gasteiger partial charge in [0.2, 0.25) is 0 Å². The Bertz CT molecular complexity index is 3230. The monoisotopic (exact) mass is 733 g/mol. The lowest BCUT2D eigenvalue weighted by Gasteiger charge is -2.12. The van der Waals surface area contributed by atoms with Crippen LogP contribution < -0.4 is 0 Å². The van der Waals surface area contributed by atoms with Gasteiger partial charge < -0.3 is 4.42 Å². The topological polar surface area (TPSA) is 51.8 Å². The Morgan fingerprint density at radius 3 is 1.55 bits per heavy atom. The molecule has 0 saturated carbocycles. The minimum atomic E-state index is 0.598. The van der Waals surface area contributed by atoms with E-state index in [2.05, 4.69) is 140 Å². The van der Waals surface area contributed by atoms with Crippen LogP contribution in [0.25, 0.3) is 110 Å². The second-order valence-electron chi connectivity index (χ2n) is 13.9. The van der Waals surface area contributed by atoms with Crippen molar-refractivity contribution in [2.45, 2.75) is 0 Å². The van der Waals surface area contributed by atoms with Crippen molar-refractivity contribution in [2.24, 2.45) is 0 Å². The number of aromatic nitrogens is 3. The van der Waals surface area contributed by atoms with Crippen molar-refractivity contribution in [3.05, 3.63) is 188 Å². The summed E-state index contributed by atoms with van der Waals surface area (Å²) in [6.45, 7) is 0. The van der Waals surface area contributed by atoms with E-state index in [4.69, 9.17) is 19.4 Å². The molecule has 0 N–H and O–H groups in total. The highest BCUT2D eigenvalue weighted by molar-refractivity contribution is 7.27. The summed E-state index contributed by atoms with van der Waals surface area (Å²) in [5.41, 5.74) is 11.5. The highest BCUT2D eigenvalue weighted by Crippen LogP contribution is 2.49. The number of benzene rings is 8. The Kier molecular flexibility index (Phi) is 7.64. The zero-order valence-corrected chi connectivity index (χ0v) is 30.9. The van der Waals surface area contributed by atoms with Crippen LogP contribution in [0.3, 0.4) is 0 Å². The molecular weight excluding hydrogens is 703 g/mol. The molecule has 0 amide bonds. The number of nitrogens with zero attached hydrogens (tertiary/aromatic N) is 3. The summed E-state index contributed by atoms with van der Waals surface area (Å²) in [6.07, 6.45) is 0. The van der Waals surface area contributed by atoms with Gasteiger partial charge in [0.05, 0.1) is 0 Å². The van der Waals surface area contributed by atoms with Crippen molar-refractivity contribution in [1.82, 2.24) is 15.0 Å². The first kappa shape index (κ1) is 32.2. The first-order valence-corrected chi connectivity index (χ1v) is 19.5. The van der Waals surface area contributed by atoms with Crippen LogP contribution in [0.5, 0.6) is 0 Å². The zero-order valence-electron chi connectivity index (χ0n) is 30.1. The average Bonchev–Trinajstić information content (AvgIpc) is 3.86. The molecule has 3 heterocycles. The molecule has 262 valence electrons. The van der Waals surface area contributed by atoms with Crippen molar-refractivity contribution < 1.29 is 4.42 Å². The number of thiophene rings is 1. The second-order valence-corrected chi connectivity index (χ2v) is 14.9. The molecule has 11 aromatic rings. The maximum atomic E-state index is 6.32. The molecule has 0 atom stereocenters. The SMILES string of the molecule is c1ccc(-c2cc(-c3ccccc3)c3sc4c(-c5ccccc5)ccc(-c5nc(-c6ccccc6)nc(-c6cccc7oc8ccccc8c67)n5)c4c3c2)cc1. The molecule has 0 saturated heterocycles. The lowest BCUT2D eigenvalue weighted by atomic mass is 9.93. The predicted octanol–water partition coefficient (Wildman–Crippen LogP) is 14.1. The summed E-state index contributed by atoms with van der Waals surface area (Å²) in [5.74, 6) is 1.83. The third-order valence-electron chi connectivity index (χ3n) is 10.5. The van der Waals surface area contributed by atoms with Crippen LogP contribution in [0.15, 0.2) is 192 Å². The number of hydrogen-bond donors (Lipinski definition) is 0. The van der Waals surface area contributed by atoms with Crippen molar-refractivity contribution in [3.63, 3.8) is 0 Å². The first-order valence-electron chi connectivity index (χ1n) is 18.7. The molecular formula is C51H31N3OS. The minimum Gasteiger partial charge on any atom is -0.456 e. The Balaban J connectivity index is 1.26. The number of para-hydroxylation sites is 1. The molecule has 3 aromatic heterocycles. The molecule has 0 aliphatic carbocycles. The summed E-state index contributed by atoms with van der Waals surface area (Å²) in [4.78, 5) is 15.8. The Morgan fingerprint density at radius 2 is 0.857 bits per heavy atom. The molecule has 56 heavy (non-hydrogen) atoms. The van der Waals surface area contributed by atoms with Gasteiger partial charge in [-0.1, -0.05) is 158 Å². The summed E-state index contributed by atoms with van der Waals surface area (Å²) < 4.78 is 8.74. The van der Waals surface area contributed by atoms with E-state index in [0.29, 0.717) is 17.5 Å². The maximum Gasteiger partial charge on any atom is 0.164 e. The molecule has 5 heteroatoms. The van der Waals surface area contributed by atoms with Crippen LogP contribution in [0.2, 0.25) is 0 Å². The van der Waals surface area contributed by atoms with Crippen molar-refractivity contribution in [1.29, 1.82) is 0 Å². The van der Waals surface area contributed by atoms with Gasteiger partial charge in [0, 0.05) is 53.2 Å². The van der Waals surface area contributed by atoms with Gasteiger partial charge in [0.1, 0.15) is 11.2 Å². The molecule has 0 fully saturated rings. The highest BCUT2D eigenvalue weighted by Gasteiger charge is 2.23. The Morgan fingerprint density at radius 1 is 0.321 bits per heavy atom. The third kappa shape index (κ3) is 5.40. The van der Waals surface area contributed by atoms with Gasteiger partial charge in [-0.3, -0.25) is 0 Å². The van der Waals surface area contributed by atoms with E-state index in [-0.39, 0.29) is 0 Å². The van der Waals surface area contributed by atoms with Crippen LogP contribution in [-0.4, -0.2) is 15.0 Å². The standard InChI is InChI=1S/C51H31N3OS/c1-5-16-32(17-6-1)36-30-41(34-20-9-3-10-21-34)47-42(31-36)46-40(29-28-37(48(46)56-47)33-18-7-2-8-19-33)51-53-49(35-22-11-4-12-23-35)52-50(54-51)39-25-15-27-44-45(39)38-24-13-14-26-43(38)55-44/h1-31H. The highest BCUT2D eigenvalue weighted by atomic mass is 32.1. The number of hydrogen-bond acceptors (Lipinski definition) is 5. The normalized spacial score (nSPS) is 11.6. The number of fused-ring (bicyclic) bond motifs is 6. The van der Waals surface area contributed by atoms with E-state index in [1.54, 1.807) is 0 Å². The van der Waals surface area contributed by atoms with E-state index in [1.165, 1.54) is 42.6 Å². The quantitative estimate of drug-likeness (QED) is 0.171. The predicted molar refractivity (Wildman–Crippen MR) is 233 cm³/mol. The first-order chi connectivity index (χ1) is 27.8. The lowest BCUT2D eigenvalue weighted by Crippen LogP contribution is -2.01. The van der Waals surface area contributed by atoms with Crippen LogP contribution in [-0.2, 0) is 0 Å². The van der Waals surface area contributed by atoms with E-state index < -0.39 is 0 Å². The molecule has 0 radical (unpaired) electrons. The van der Waals surface area contributed by atoms with Crippen LogP contribution in [0, 0.1) is 0 Å². The number of rotatable bonds is 6. The Hall–Kier alpha value is -7.21. The van der Waals surface area contributed by atoms with Crippen molar-refractivity contribution in [3.8, 4) is 67.5 Å². The molecule has 0 spiro atoms. The van der Waals surface area contributed by atoms with Crippen LogP contribution >= 0.6 is 11.3 Å². The Labute approximate surface area is 327 Å². The van der Waals surface area contributed by atoms with E-state index in [9.17, 15) is 0 Å². The van der Waals surface area contributed by atoms with Crippen molar-refractivity contribution >= 4 is 53.4 Å². The van der Waals surface area contributed by atoms with Gasteiger partial charge >= 0.3 is 0 Å². The molecule has 4 nitrogen and oxygen atoms in total. The van der Waals surface area contributed by atoms with Crippen LogP contribution in [0.4, 0.5) is 0 Å². The molecule has 0 bridgehead atoms. The van der Waals surface area contributed by atoms with Gasteiger partial charge in [-0.15, -0.1) is 11.3 Å². The second kappa shape index (κ2) is 13.3. The third-order valence-corrected chi connectivity index (χ3v) is 11.8. The fourth-order valence-electron chi connectivity index (χ4n) is 7.94. The molecule has 11 rings (SSSR count). The molecule has 0 aliphatic rings. The molecule has 8 aromatic carbocycles. The molecule has 0 aliphatic heterocycles. The summed E-state index contributed by atoms with van der Waals surface area (Å²) >= 11 is 1.84. The lowest BCUT2D eigenvalue weighted by molar-refractivity contribution is 0.669. The van der Waals surface area contributed by atoms with E-state index in [0.717, 1.165) is 49.6 Å². The van der Waals surface area contributed by atoms with E-state index >= 15 is 0 Å². The van der Waals surface area contributed by atoms with Gasteiger partial charge in [0.25, 0.3) is 0 Å². The zero-order chi connectivity index (χ0) is 37.0. The smallest absolute Gasteiger partial charge is 0.164 e. The number of furan rings is 1. The van der Waals surface area contributed by atoms with Gasteiger partial charge in [-0.25, -0.2) is 15.0 Å². The summed E-state index contributed by atoms with van der Waals surface area (Å²) in [7, 11) is 0. The van der Waals surface area contributed by atoms with Gasteiger partial charge in [-0.05, 0) is 58.1 Å². The van der Waals surface area contributed by atoms with Crippen molar-refractivity contribution in [2.75, 3.05) is 0 Å². The molecule has 0 unspecified atom stereocenters. The van der Waals surface area contributed by atoms with Gasteiger partial charge in [0.15, 0.2) is 17.5 Å². The summed E-state index contributed by atoms with van der Waals surface area (Å²) in [5, 5.41) is 4.32. The average molecular weight is 734 g/mol. The van der Waals surface area contributed by atoms with Crippen LogP contribution in [0.1, 0.15) is 0 Å². The fourth-order valence-corrected chi connectivity index (χ4v) is 9.32. The summed E-state index contributed by atoms with van der Waals surface area (Å²) in [6, 6.07) is 65.6. The van der Waals surface area contributed by atoms with Gasteiger partial charge in [-0.2, -0.15) is 0 Å². The maximum absolute atomic E-state index is 6.32. The largest absolute Gasteiger partial charge is 0.456 e. The fraction of sp³-hybridized carbons (Fsp3) is 0. The van der Waals surface area contributed by atoms with E-state index in [1.807, 2.05) is 59.9 Å².